The average molecular weight is 424 g/mol. The van der Waals surface area contributed by atoms with Gasteiger partial charge in [0.25, 0.3) is 0 Å². The highest BCUT2D eigenvalue weighted by molar-refractivity contribution is 9.10. The summed E-state index contributed by atoms with van der Waals surface area (Å²) in [5.74, 6) is 0.124. The minimum absolute atomic E-state index is 0.0306. The number of carbonyl (C=O) groups is 1. The summed E-state index contributed by atoms with van der Waals surface area (Å²) >= 11 is 3.32. The third-order valence-electron chi connectivity index (χ3n) is 4.26. The van der Waals surface area contributed by atoms with Crippen LogP contribution in [0, 0.1) is 0 Å². The van der Waals surface area contributed by atoms with E-state index in [-0.39, 0.29) is 24.6 Å². The summed E-state index contributed by atoms with van der Waals surface area (Å²) in [6, 6.07) is 13.2. The van der Waals surface area contributed by atoms with Crippen LogP contribution in [0.3, 0.4) is 0 Å². The largest absolute Gasteiger partial charge is 0.388 e. The minimum atomic E-state index is -4.01. The lowest BCUT2D eigenvalue weighted by Crippen LogP contribution is -2.44. The maximum atomic E-state index is 12.5. The first-order chi connectivity index (χ1) is 12.0. The molecule has 2 aliphatic heterocycles. The molecule has 0 radical (unpaired) electrons. The monoisotopic (exact) mass is 423 g/mol. The summed E-state index contributed by atoms with van der Waals surface area (Å²) in [7, 11) is -4.01. The number of carbonyl (C=O) groups excluding carboxylic acids is 1. The summed E-state index contributed by atoms with van der Waals surface area (Å²) in [4.78, 5) is 12.5. The van der Waals surface area contributed by atoms with Crippen LogP contribution in [0.5, 0.6) is 5.75 Å². The molecule has 2 aromatic rings. The fourth-order valence-corrected chi connectivity index (χ4v) is 4.74. The number of para-hydroxylation sites is 1. The highest BCUT2D eigenvalue weighted by Gasteiger charge is 2.49. The van der Waals surface area contributed by atoms with Crippen molar-refractivity contribution in [3.8, 4) is 5.75 Å². The predicted molar refractivity (Wildman–Crippen MR) is 93.4 cm³/mol. The standard InChI is InChI=1S/C17H14BrNO5S/c18-12-7-5-11(6-8-12)15(20)9-13-10-23-17-14-3-1-2-4-16(14)24-25(21,22)19(13)17/h1-8,13,17H,9-10H2/t13-,17+/m1/s1. The van der Waals surface area contributed by atoms with Gasteiger partial charge >= 0.3 is 10.3 Å². The third-order valence-corrected chi connectivity index (χ3v) is 6.19. The van der Waals surface area contributed by atoms with Gasteiger partial charge in [-0.15, -0.1) is 4.31 Å². The molecule has 1 fully saturated rings. The van der Waals surface area contributed by atoms with Crippen molar-refractivity contribution in [3.63, 3.8) is 0 Å². The van der Waals surface area contributed by atoms with E-state index < -0.39 is 22.6 Å². The molecule has 0 aromatic heterocycles. The minimum Gasteiger partial charge on any atom is -0.370 e. The lowest BCUT2D eigenvalue weighted by Gasteiger charge is -2.31. The van der Waals surface area contributed by atoms with Gasteiger partial charge in [-0.2, -0.15) is 8.42 Å². The number of halogens is 1. The zero-order valence-corrected chi connectivity index (χ0v) is 15.4. The number of ether oxygens (including phenoxy) is 1. The van der Waals surface area contributed by atoms with Crippen LogP contribution >= 0.6 is 15.9 Å². The Hall–Kier alpha value is -1.74. The van der Waals surface area contributed by atoms with Gasteiger partial charge in [-0.3, -0.25) is 4.79 Å². The molecule has 0 amide bonds. The van der Waals surface area contributed by atoms with Crippen molar-refractivity contribution < 1.29 is 22.1 Å². The molecule has 0 N–H and O–H groups in total. The second-order valence-electron chi connectivity index (χ2n) is 5.88. The SMILES string of the molecule is O=C(C[C@@H]1CO[C@H]2c3ccccc3OS(=O)(=O)N12)c1ccc(Br)cc1. The average Bonchev–Trinajstić information content (AvgIpc) is 3.00. The zero-order chi connectivity index (χ0) is 17.6. The Balaban J connectivity index is 1.61. The number of rotatable bonds is 3. The molecule has 0 aliphatic carbocycles. The van der Waals surface area contributed by atoms with Crippen LogP contribution in [-0.4, -0.2) is 31.2 Å². The molecule has 0 saturated carbocycles. The molecule has 0 bridgehead atoms. The molecule has 0 unspecified atom stereocenters. The molecule has 0 spiro atoms. The van der Waals surface area contributed by atoms with Crippen molar-refractivity contribution in [2.24, 2.45) is 0 Å². The maximum absolute atomic E-state index is 12.5. The molecule has 8 heteroatoms. The molecular formula is C17H14BrNO5S. The number of benzene rings is 2. The summed E-state index contributed by atoms with van der Waals surface area (Å²) in [5, 5.41) is 0. The topological polar surface area (TPSA) is 72.9 Å². The van der Waals surface area contributed by atoms with Gasteiger partial charge in [0.05, 0.1) is 12.6 Å². The Morgan fingerprint density at radius 2 is 1.88 bits per heavy atom. The molecule has 4 rings (SSSR count). The molecule has 1 saturated heterocycles. The van der Waals surface area contributed by atoms with E-state index in [2.05, 4.69) is 15.9 Å². The van der Waals surface area contributed by atoms with Crippen LogP contribution in [0.25, 0.3) is 0 Å². The van der Waals surface area contributed by atoms with Crippen molar-refractivity contribution in [3.05, 3.63) is 64.1 Å². The van der Waals surface area contributed by atoms with E-state index in [0.29, 0.717) is 11.1 Å². The first kappa shape index (κ1) is 16.7. The highest BCUT2D eigenvalue weighted by atomic mass is 79.9. The van der Waals surface area contributed by atoms with Gasteiger partial charge in [-0.1, -0.05) is 46.3 Å². The van der Waals surface area contributed by atoms with Crippen LogP contribution in [0.4, 0.5) is 0 Å². The Bertz CT molecular complexity index is 928. The van der Waals surface area contributed by atoms with Crippen LogP contribution in [0.2, 0.25) is 0 Å². The van der Waals surface area contributed by atoms with E-state index in [4.69, 9.17) is 8.92 Å². The highest BCUT2D eigenvalue weighted by Crippen LogP contribution is 2.43. The van der Waals surface area contributed by atoms with Crippen molar-refractivity contribution >= 4 is 32.0 Å². The van der Waals surface area contributed by atoms with Gasteiger partial charge < -0.3 is 8.92 Å². The summed E-state index contributed by atoms with van der Waals surface area (Å²) < 4.78 is 37.9. The molecular weight excluding hydrogens is 410 g/mol. The van der Waals surface area contributed by atoms with E-state index >= 15 is 0 Å². The van der Waals surface area contributed by atoms with Crippen LogP contribution in [0.15, 0.2) is 53.0 Å². The molecule has 2 aromatic carbocycles. The Morgan fingerprint density at radius 3 is 2.64 bits per heavy atom. The lowest BCUT2D eigenvalue weighted by molar-refractivity contribution is 0.0573. The number of hydrogen-bond acceptors (Lipinski definition) is 5. The smallest absolute Gasteiger partial charge is 0.370 e. The zero-order valence-electron chi connectivity index (χ0n) is 13.0. The number of nitrogens with zero attached hydrogens (tertiary/aromatic N) is 1. The molecule has 2 atom stereocenters. The van der Waals surface area contributed by atoms with Gasteiger partial charge in [0.15, 0.2) is 17.8 Å². The Morgan fingerprint density at radius 1 is 1.16 bits per heavy atom. The van der Waals surface area contributed by atoms with Crippen LogP contribution in [0.1, 0.15) is 28.6 Å². The fourth-order valence-electron chi connectivity index (χ4n) is 3.10. The maximum Gasteiger partial charge on any atom is 0.388 e. The summed E-state index contributed by atoms with van der Waals surface area (Å²) in [6.07, 6.45) is -0.722. The number of Topliss-reactive ketones (excluding diaryl/α,β-unsaturated/α-hetero) is 1. The second-order valence-corrected chi connectivity index (χ2v) is 8.24. The van der Waals surface area contributed by atoms with Crippen molar-refractivity contribution in [2.75, 3.05) is 6.61 Å². The van der Waals surface area contributed by atoms with Crippen molar-refractivity contribution in [2.45, 2.75) is 18.7 Å². The van der Waals surface area contributed by atoms with Gasteiger partial charge in [0, 0.05) is 22.0 Å². The molecule has 2 aliphatic rings. The van der Waals surface area contributed by atoms with E-state index in [1.54, 1.807) is 48.5 Å². The normalized spacial score (nSPS) is 24.2. The van der Waals surface area contributed by atoms with E-state index in [1.165, 1.54) is 0 Å². The fraction of sp³-hybridized carbons (Fsp3) is 0.235. The lowest BCUT2D eigenvalue weighted by atomic mass is 10.0. The van der Waals surface area contributed by atoms with E-state index in [0.717, 1.165) is 8.78 Å². The molecule has 2 heterocycles. The van der Waals surface area contributed by atoms with E-state index in [1.807, 2.05) is 0 Å². The Kier molecular flexibility index (Phi) is 4.15. The molecule has 6 nitrogen and oxygen atoms in total. The van der Waals surface area contributed by atoms with E-state index in [9.17, 15) is 13.2 Å². The van der Waals surface area contributed by atoms with Gasteiger partial charge in [-0.05, 0) is 18.2 Å². The Labute approximate surface area is 153 Å². The predicted octanol–water partition coefficient (Wildman–Crippen LogP) is 3.06. The number of fused-ring (bicyclic) bond motifs is 3. The summed E-state index contributed by atoms with van der Waals surface area (Å²) in [6.45, 7) is 0.143. The first-order valence-electron chi connectivity index (χ1n) is 7.68. The number of ketones is 1. The van der Waals surface area contributed by atoms with Crippen LogP contribution < -0.4 is 4.18 Å². The second kappa shape index (κ2) is 6.21. The summed E-state index contributed by atoms with van der Waals surface area (Å²) in [5.41, 5.74) is 1.18. The number of hydrogen-bond donors (Lipinski definition) is 0. The quantitative estimate of drug-likeness (QED) is 0.709. The van der Waals surface area contributed by atoms with Gasteiger partial charge in [0.2, 0.25) is 0 Å². The molecule has 25 heavy (non-hydrogen) atoms. The molecule has 130 valence electrons. The van der Waals surface area contributed by atoms with Gasteiger partial charge in [0.1, 0.15) is 0 Å². The third kappa shape index (κ3) is 2.99. The van der Waals surface area contributed by atoms with Crippen molar-refractivity contribution in [1.82, 2.24) is 4.31 Å². The first-order valence-corrected chi connectivity index (χ1v) is 9.84. The van der Waals surface area contributed by atoms with Crippen molar-refractivity contribution in [1.29, 1.82) is 0 Å². The van der Waals surface area contributed by atoms with Crippen LogP contribution in [-0.2, 0) is 15.0 Å². The van der Waals surface area contributed by atoms with Gasteiger partial charge in [-0.25, -0.2) is 0 Å².